The molecule has 0 saturated heterocycles. The predicted molar refractivity (Wildman–Crippen MR) is 189 cm³/mol. The van der Waals surface area contributed by atoms with Crippen molar-refractivity contribution in [2.75, 3.05) is 59.4 Å². The molecule has 11 nitrogen and oxygen atoms in total. The SMILES string of the molecule is COc1ccc(CCNC(=O)[C@H](CCSC)Nc2ccc3c(cc2=O)[C@H](NC(C)=O)CCc2cc(OC)c(OC)c(OC)c2-3)cc1OC. The highest BCUT2D eigenvalue weighted by Crippen LogP contribution is 2.50. The summed E-state index contributed by atoms with van der Waals surface area (Å²) in [6, 6.07) is 11.5. The van der Waals surface area contributed by atoms with Crippen molar-refractivity contribution in [3.05, 3.63) is 69.4 Å². The number of rotatable bonds is 15. The fraction of sp³-hybridized carbons (Fsp3) is 0.417. The standard InChI is InChI=1S/C36H45N3O8S/c1-21(40)38-26-11-9-23-19-32(45-4)34(46-5)35(47-6)33(23)24-10-12-27(29(41)20-25(24)26)39-28(15-17-48-7)36(42)37-16-14-22-8-13-30(43-2)31(18-22)44-3/h8,10,12-13,18-20,26,28H,9,11,14-17H2,1-7H3,(H,37,42)(H,38,40)(H,39,41)/t26-,28+/m1/s1. The lowest BCUT2D eigenvalue weighted by Crippen LogP contribution is -2.41. The van der Waals surface area contributed by atoms with Crippen molar-refractivity contribution in [1.82, 2.24) is 10.6 Å². The van der Waals surface area contributed by atoms with Crippen LogP contribution in [0.5, 0.6) is 28.7 Å². The minimum absolute atomic E-state index is 0.210. The van der Waals surface area contributed by atoms with E-state index in [9.17, 15) is 14.4 Å². The maximum atomic E-state index is 13.9. The molecule has 4 rings (SSSR count). The highest BCUT2D eigenvalue weighted by atomic mass is 32.2. The van der Waals surface area contributed by atoms with Crippen LogP contribution in [0.25, 0.3) is 11.1 Å². The van der Waals surface area contributed by atoms with E-state index in [0.29, 0.717) is 77.9 Å². The van der Waals surface area contributed by atoms with Gasteiger partial charge in [0.2, 0.25) is 23.0 Å². The van der Waals surface area contributed by atoms with Crippen LogP contribution < -0.4 is 45.1 Å². The molecule has 0 unspecified atom stereocenters. The summed E-state index contributed by atoms with van der Waals surface area (Å²) in [4.78, 5) is 39.6. The number of anilines is 1. The second-order valence-electron chi connectivity index (χ2n) is 11.3. The lowest BCUT2D eigenvalue weighted by molar-refractivity contribution is -0.122. The van der Waals surface area contributed by atoms with Gasteiger partial charge in [0.1, 0.15) is 6.04 Å². The maximum absolute atomic E-state index is 13.9. The van der Waals surface area contributed by atoms with Gasteiger partial charge in [-0.25, -0.2) is 0 Å². The number of amides is 2. The quantitative estimate of drug-likeness (QED) is 0.206. The van der Waals surface area contributed by atoms with Gasteiger partial charge in [0.25, 0.3) is 0 Å². The van der Waals surface area contributed by atoms with Gasteiger partial charge >= 0.3 is 0 Å². The number of methoxy groups -OCH3 is 5. The van der Waals surface area contributed by atoms with Gasteiger partial charge in [0, 0.05) is 19.0 Å². The van der Waals surface area contributed by atoms with Crippen LogP contribution in [0, 0.1) is 0 Å². The van der Waals surface area contributed by atoms with E-state index >= 15 is 0 Å². The number of benzene rings is 2. The van der Waals surface area contributed by atoms with Crippen LogP contribution in [-0.2, 0) is 22.4 Å². The summed E-state index contributed by atoms with van der Waals surface area (Å²) in [7, 11) is 7.83. The monoisotopic (exact) mass is 679 g/mol. The van der Waals surface area contributed by atoms with E-state index in [1.807, 2.05) is 36.6 Å². The zero-order chi connectivity index (χ0) is 34.8. The van der Waals surface area contributed by atoms with Gasteiger partial charge < -0.3 is 39.6 Å². The highest BCUT2D eigenvalue weighted by Gasteiger charge is 2.30. The molecule has 0 fully saturated rings. The summed E-state index contributed by atoms with van der Waals surface area (Å²) in [5, 5.41) is 9.28. The van der Waals surface area contributed by atoms with Gasteiger partial charge in [-0.3, -0.25) is 14.4 Å². The van der Waals surface area contributed by atoms with E-state index in [-0.39, 0.29) is 22.9 Å². The molecule has 0 heterocycles. The third-order valence-corrected chi connectivity index (χ3v) is 8.98. The molecule has 0 radical (unpaired) electrons. The number of carbonyl (C=O) groups is 2. The minimum atomic E-state index is -0.657. The van der Waals surface area contributed by atoms with Crippen molar-refractivity contribution in [3.63, 3.8) is 0 Å². The van der Waals surface area contributed by atoms with E-state index in [0.717, 1.165) is 16.7 Å². The summed E-state index contributed by atoms with van der Waals surface area (Å²) in [5.41, 5.74) is 3.99. The third-order valence-electron chi connectivity index (χ3n) is 8.33. The van der Waals surface area contributed by atoms with Crippen molar-refractivity contribution in [2.45, 2.75) is 44.7 Å². The van der Waals surface area contributed by atoms with Gasteiger partial charge in [-0.2, -0.15) is 11.8 Å². The van der Waals surface area contributed by atoms with Crippen LogP contribution in [0.15, 0.2) is 47.3 Å². The molecule has 3 aromatic rings. The zero-order valence-electron chi connectivity index (χ0n) is 28.6. The summed E-state index contributed by atoms with van der Waals surface area (Å²) in [6.45, 7) is 1.85. The number of nitrogens with one attached hydrogen (secondary N) is 3. The fourth-order valence-corrected chi connectivity index (χ4v) is 6.48. The van der Waals surface area contributed by atoms with Crippen molar-refractivity contribution in [2.24, 2.45) is 0 Å². The molecule has 48 heavy (non-hydrogen) atoms. The first-order valence-corrected chi connectivity index (χ1v) is 17.1. The first-order valence-electron chi connectivity index (χ1n) is 15.7. The van der Waals surface area contributed by atoms with Gasteiger partial charge in [0.15, 0.2) is 23.0 Å². The fourth-order valence-electron chi connectivity index (χ4n) is 6.01. The number of ether oxygens (including phenoxy) is 5. The Morgan fingerprint density at radius 3 is 2.27 bits per heavy atom. The van der Waals surface area contributed by atoms with Crippen LogP contribution in [0.2, 0.25) is 0 Å². The van der Waals surface area contributed by atoms with Crippen molar-refractivity contribution >= 4 is 29.3 Å². The zero-order valence-corrected chi connectivity index (χ0v) is 29.4. The average Bonchev–Trinajstić information content (AvgIpc) is 3.33. The highest BCUT2D eigenvalue weighted by molar-refractivity contribution is 7.98. The van der Waals surface area contributed by atoms with E-state index in [4.69, 9.17) is 23.7 Å². The second kappa shape index (κ2) is 17.0. The molecular formula is C36H45N3O8S. The van der Waals surface area contributed by atoms with Crippen LogP contribution in [-0.4, -0.2) is 72.0 Å². The first kappa shape index (κ1) is 36.3. The molecule has 258 valence electrons. The van der Waals surface area contributed by atoms with Gasteiger partial charge in [-0.05, 0) is 90.3 Å². The Morgan fingerprint density at radius 2 is 1.62 bits per heavy atom. The number of carbonyl (C=O) groups excluding carboxylic acids is 2. The molecule has 2 amide bonds. The van der Waals surface area contributed by atoms with Crippen LogP contribution in [0.3, 0.4) is 0 Å². The number of thioether (sulfide) groups is 1. The number of aryl methyl sites for hydroxylation is 1. The summed E-state index contributed by atoms with van der Waals surface area (Å²) in [5.74, 6) is 2.97. The second-order valence-corrected chi connectivity index (χ2v) is 12.3. The van der Waals surface area contributed by atoms with Crippen LogP contribution >= 0.6 is 11.8 Å². The normalized spacial score (nSPS) is 13.9. The van der Waals surface area contributed by atoms with Gasteiger partial charge in [0.05, 0.1) is 47.3 Å². The lowest BCUT2D eigenvalue weighted by atomic mass is 9.95. The molecule has 0 saturated carbocycles. The van der Waals surface area contributed by atoms with Gasteiger partial charge in [-0.1, -0.05) is 12.1 Å². The molecule has 1 aliphatic rings. The molecular weight excluding hydrogens is 634 g/mol. The van der Waals surface area contributed by atoms with Crippen LogP contribution in [0.1, 0.15) is 42.5 Å². The Kier molecular flexibility index (Phi) is 12.8. The molecule has 0 spiro atoms. The largest absolute Gasteiger partial charge is 0.493 e. The van der Waals surface area contributed by atoms with E-state index in [1.54, 1.807) is 59.4 Å². The predicted octanol–water partition coefficient (Wildman–Crippen LogP) is 4.77. The molecule has 0 aromatic heterocycles. The average molecular weight is 680 g/mol. The molecule has 12 heteroatoms. The summed E-state index contributed by atoms with van der Waals surface area (Å²) < 4.78 is 27.9. The smallest absolute Gasteiger partial charge is 0.242 e. The maximum Gasteiger partial charge on any atom is 0.242 e. The van der Waals surface area contributed by atoms with E-state index in [1.165, 1.54) is 6.92 Å². The van der Waals surface area contributed by atoms with Crippen molar-refractivity contribution < 1.29 is 33.3 Å². The Hall–Kier alpha value is -4.58. The summed E-state index contributed by atoms with van der Waals surface area (Å²) >= 11 is 1.62. The molecule has 0 bridgehead atoms. The van der Waals surface area contributed by atoms with Crippen molar-refractivity contribution in [3.8, 4) is 39.9 Å². The lowest BCUT2D eigenvalue weighted by Gasteiger charge is -2.19. The molecule has 0 aliphatic heterocycles. The van der Waals surface area contributed by atoms with E-state index < -0.39 is 12.1 Å². The Balaban J connectivity index is 1.69. The Bertz CT molecular complexity index is 1680. The van der Waals surface area contributed by atoms with E-state index in [2.05, 4.69) is 16.0 Å². The Morgan fingerprint density at radius 1 is 0.896 bits per heavy atom. The number of hydrogen-bond acceptors (Lipinski definition) is 10. The molecule has 2 atom stereocenters. The topological polar surface area (TPSA) is 133 Å². The van der Waals surface area contributed by atoms with Gasteiger partial charge in [-0.15, -0.1) is 0 Å². The molecule has 3 aromatic carbocycles. The van der Waals surface area contributed by atoms with Crippen LogP contribution in [0.4, 0.5) is 5.69 Å². The third kappa shape index (κ3) is 8.28. The molecule has 1 aliphatic carbocycles. The number of hydrogen-bond donors (Lipinski definition) is 3. The molecule has 3 N–H and O–H groups in total. The first-order chi connectivity index (χ1) is 23.2. The minimum Gasteiger partial charge on any atom is -0.493 e. The number of fused-ring (bicyclic) bond motifs is 3. The van der Waals surface area contributed by atoms with Crippen molar-refractivity contribution in [1.29, 1.82) is 0 Å². The summed E-state index contributed by atoms with van der Waals surface area (Å²) in [6.07, 6.45) is 4.20. The Labute approximate surface area is 286 Å².